The SMILES string of the molecule is CCCNCc1cn(-c2cc(Cl)c(C)cc2Cl)nn1. The Morgan fingerprint density at radius 1 is 1.26 bits per heavy atom. The van der Waals surface area contributed by atoms with Gasteiger partial charge in [0.05, 0.1) is 22.6 Å². The number of hydrogen-bond donors (Lipinski definition) is 1. The first kappa shape index (κ1) is 14.3. The van der Waals surface area contributed by atoms with Crippen LogP contribution in [-0.4, -0.2) is 21.5 Å². The van der Waals surface area contributed by atoms with Crippen molar-refractivity contribution in [1.29, 1.82) is 0 Å². The third-order valence-corrected chi connectivity index (χ3v) is 3.46. The summed E-state index contributed by atoms with van der Waals surface area (Å²) < 4.78 is 1.65. The maximum absolute atomic E-state index is 6.21. The van der Waals surface area contributed by atoms with Crippen LogP contribution < -0.4 is 5.32 Å². The average molecular weight is 299 g/mol. The Morgan fingerprint density at radius 2 is 2.05 bits per heavy atom. The van der Waals surface area contributed by atoms with Gasteiger partial charge in [-0.3, -0.25) is 0 Å². The fourth-order valence-electron chi connectivity index (χ4n) is 1.70. The minimum atomic E-state index is 0.611. The molecule has 0 bridgehead atoms. The van der Waals surface area contributed by atoms with E-state index in [9.17, 15) is 0 Å². The molecule has 1 aromatic carbocycles. The first-order valence-electron chi connectivity index (χ1n) is 6.19. The number of aromatic nitrogens is 3. The number of rotatable bonds is 5. The topological polar surface area (TPSA) is 42.7 Å². The second kappa shape index (κ2) is 6.37. The van der Waals surface area contributed by atoms with Gasteiger partial charge in [0, 0.05) is 11.6 Å². The van der Waals surface area contributed by atoms with Crippen LogP contribution in [0.25, 0.3) is 5.69 Å². The molecule has 2 rings (SSSR count). The van der Waals surface area contributed by atoms with Crippen LogP contribution >= 0.6 is 23.2 Å². The van der Waals surface area contributed by atoms with Crippen molar-refractivity contribution < 1.29 is 0 Å². The van der Waals surface area contributed by atoms with Crippen LogP contribution in [0.15, 0.2) is 18.3 Å². The zero-order valence-electron chi connectivity index (χ0n) is 11.0. The molecule has 0 atom stereocenters. The molecule has 0 saturated heterocycles. The summed E-state index contributed by atoms with van der Waals surface area (Å²) in [5, 5.41) is 12.7. The van der Waals surface area contributed by atoms with Crippen molar-refractivity contribution in [2.75, 3.05) is 6.54 Å². The van der Waals surface area contributed by atoms with Crippen LogP contribution in [0.4, 0.5) is 0 Å². The van der Waals surface area contributed by atoms with Gasteiger partial charge in [0.25, 0.3) is 0 Å². The zero-order valence-corrected chi connectivity index (χ0v) is 12.5. The number of hydrogen-bond acceptors (Lipinski definition) is 3. The summed E-state index contributed by atoms with van der Waals surface area (Å²) >= 11 is 12.3. The van der Waals surface area contributed by atoms with Crippen LogP contribution in [0, 0.1) is 6.92 Å². The van der Waals surface area contributed by atoms with E-state index >= 15 is 0 Å². The van der Waals surface area contributed by atoms with E-state index in [1.54, 1.807) is 10.7 Å². The number of nitrogens with one attached hydrogen (secondary N) is 1. The normalized spacial score (nSPS) is 10.9. The Bertz CT molecular complexity index is 566. The molecule has 0 amide bonds. The summed E-state index contributed by atoms with van der Waals surface area (Å²) in [6, 6.07) is 3.63. The third kappa shape index (κ3) is 3.47. The summed E-state index contributed by atoms with van der Waals surface area (Å²) in [6.45, 7) is 5.70. The summed E-state index contributed by atoms with van der Waals surface area (Å²) in [6.07, 6.45) is 2.95. The van der Waals surface area contributed by atoms with Crippen molar-refractivity contribution in [2.45, 2.75) is 26.8 Å². The van der Waals surface area contributed by atoms with Crippen molar-refractivity contribution in [1.82, 2.24) is 20.3 Å². The van der Waals surface area contributed by atoms with Crippen molar-refractivity contribution in [3.8, 4) is 5.69 Å². The summed E-state index contributed by atoms with van der Waals surface area (Å²) in [7, 11) is 0. The number of halogens is 2. The lowest BCUT2D eigenvalue weighted by atomic mass is 10.2. The second-order valence-corrected chi connectivity index (χ2v) is 5.20. The van der Waals surface area contributed by atoms with Gasteiger partial charge in [-0.2, -0.15) is 0 Å². The zero-order chi connectivity index (χ0) is 13.8. The molecule has 0 aliphatic carbocycles. The molecule has 0 spiro atoms. The van der Waals surface area contributed by atoms with E-state index in [-0.39, 0.29) is 0 Å². The molecule has 0 aliphatic heterocycles. The van der Waals surface area contributed by atoms with E-state index in [1.807, 2.05) is 19.2 Å². The monoisotopic (exact) mass is 298 g/mol. The van der Waals surface area contributed by atoms with Gasteiger partial charge in [-0.25, -0.2) is 4.68 Å². The van der Waals surface area contributed by atoms with E-state index in [0.29, 0.717) is 16.6 Å². The van der Waals surface area contributed by atoms with Gasteiger partial charge in [0.15, 0.2) is 0 Å². The predicted molar refractivity (Wildman–Crippen MR) is 78.1 cm³/mol. The van der Waals surface area contributed by atoms with Crippen molar-refractivity contribution in [3.05, 3.63) is 39.6 Å². The van der Waals surface area contributed by atoms with E-state index in [4.69, 9.17) is 23.2 Å². The standard InChI is InChI=1S/C13H16Cl2N4/c1-3-4-16-7-10-8-19(18-17-10)13-6-11(14)9(2)5-12(13)15/h5-6,8,16H,3-4,7H2,1-2H3. The maximum atomic E-state index is 6.21. The summed E-state index contributed by atoms with van der Waals surface area (Å²) in [5.74, 6) is 0. The molecule has 1 aromatic heterocycles. The van der Waals surface area contributed by atoms with Crippen LogP contribution in [-0.2, 0) is 6.54 Å². The van der Waals surface area contributed by atoms with Crippen LogP contribution in [0.1, 0.15) is 24.6 Å². The number of nitrogens with zero attached hydrogens (tertiary/aromatic N) is 3. The van der Waals surface area contributed by atoms with Gasteiger partial charge >= 0.3 is 0 Å². The van der Waals surface area contributed by atoms with Crippen LogP contribution in [0.2, 0.25) is 10.0 Å². The van der Waals surface area contributed by atoms with E-state index in [2.05, 4.69) is 22.6 Å². The Kier molecular flexibility index (Phi) is 4.80. The van der Waals surface area contributed by atoms with E-state index in [1.165, 1.54) is 0 Å². The molecular weight excluding hydrogens is 283 g/mol. The second-order valence-electron chi connectivity index (χ2n) is 4.38. The Labute approximate surface area is 122 Å². The van der Waals surface area contributed by atoms with E-state index in [0.717, 1.165) is 29.9 Å². The molecule has 0 unspecified atom stereocenters. The number of aryl methyl sites for hydroxylation is 1. The molecule has 1 N–H and O–H groups in total. The highest BCUT2D eigenvalue weighted by Crippen LogP contribution is 2.27. The molecule has 0 aliphatic rings. The van der Waals surface area contributed by atoms with E-state index < -0.39 is 0 Å². The molecule has 19 heavy (non-hydrogen) atoms. The van der Waals surface area contributed by atoms with Crippen LogP contribution in [0.5, 0.6) is 0 Å². The lowest BCUT2D eigenvalue weighted by Crippen LogP contribution is -2.13. The highest BCUT2D eigenvalue weighted by Gasteiger charge is 2.09. The fraction of sp³-hybridized carbons (Fsp3) is 0.385. The molecule has 0 radical (unpaired) electrons. The maximum Gasteiger partial charge on any atom is 0.0969 e. The minimum Gasteiger partial charge on any atom is -0.311 e. The van der Waals surface area contributed by atoms with Gasteiger partial charge < -0.3 is 5.32 Å². The fourth-order valence-corrected chi connectivity index (χ4v) is 2.16. The Morgan fingerprint density at radius 3 is 2.79 bits per heavy atom. The molecule has 4 nitrogen and oxygen atoms in total. The Balaban J connectivity index is 2.20. The molecule has 6 heteroatoms. The summed E-state index contributed by atoms with van der Waals surface area (Å²) in [4.78, 5) is 0. The summed E-state index contributed by atoms with van der Waals surface area (Å²) in [5.41, 5.74) is 2.56. The first-order chi connectivity index (χ1) is 9.11. The largest absolute Gasteiger partial charge is 0.311 e. The van der Waals surface area contributed by atoms with Crippen molar-refractivity contribution in [2.24, 2.45) is 0 Å². The van der Waals surface area contributed by atoms with Gasteiger partial charge in [0.2, 0.25) is 0 Å². The van der Waals surface area contributed by atoms with Gasteiger partial charge in [0.1, 0.15) is 0 Å². The molecule has 102 valence electrons. The van der Waals surface area contributed by atoms with Crippen molar-refractivity contribution >= 4 is 23.2 Å². The molecule has 2 aromatic rings. The highest BCUT2D eigenvalue weighted by molar-refractivity contribution is 6.35. The van der Waals surface area contributed by atoms with Crippen molar-refractivity contribution in [3.63, 3.8) is 0 Å². The smallest absolute Gasteiger partial charge is 0.0969 e. The molecule has 0 saturated carbocycles. The molecule has 1 heterocycles. The quantitative estimate of drug-likeness (QED) is 0.861. The van der Waals surface area contributed by atoms with Crippen LogP contribution in [0.3, 0.4) is 0 Å². The molecular formula is C13H16Cl2N4. The highest BCUT2D eigenvalue weighted by atomic mass is 35.5. The Hall–Kier alpha value is -1.10. The molecule has 0 fully saturated rings. The lowest BCUT2D eigenvalue weighted by molar-refractivity contribution is 0.662. The third-order valence-electron chi connectivity index (χ3n) is 2.75. The van der Waals surface area contributed by atoms with Gasteiger partial charge in [-0.15, -0.1) is 5.10 Å². The minimum absolute atomic E-state index is 0.611. The van der Waals surface area contributed by atoms with Gasteiger partial charge in [-0.1, -0.05) is 35.3 Å². The average Bonchev–Trinajstić information content (AvgIpc) is 2.83. The lowest BCUT2D eigenvalue weighted by Gasteiger charge is -2.06. The first-order valence-corrected chi connectivity index (χ1v) is 6.95. The predicted octanol–water partition coefficient (Wildman–Crippen LogP) is 3.38. The van der Waals surface area contributed by atoms with Gasteiger partial charge in [-0.05, 0) is 37.6 Å². The number of benzene rings is 1.